The lowest BCUT2D eigenvalue weighted by molar-refractivity contribution is 0.0152. The quantitative estimate of drug-likeness (QED) is 0.151. The molecule has 4 aliphatic rings. The third-order valence-electron chi connectivity index (χ3n) is 12.7. The molecule has 0 bridgehead atoms. The number of hydrogen-bond acceptors (Lipinski definition) is 7. The Labute approximate surface area is 399 Å². The zero-order chi connectivity index (χ0) is 47.5. The van der Waals surface area contributed by atoms with Crippen LogP contribution in [0.5, 0.6) is 11.5 Å². The van der Waals surface area contributed by atoms with Gasteiger partial charge in [0.05, 0.1) is 13.2 Å². The van der Waals surface area contributed by atoms with Gasteiger partial charge in [0.2, 0.25) is 0 Å². The second kappa shape index (κ2) is 22.8. The monoisotopic (exact) mass is 915 g/mol. The summed E-state index contributed by atoms with van der Waals surface area (Å²) < 4.78 is 17.2. The average molecular weight is 915 g/mol. The SMILES string of the molecule is CC(C)COc1ccc(CN2Cc3ccccc3CN(C3CCN(C(=O)OC(C)(C)C)CC3)C2=O)cc1.CC(C)COc1ccc(CN2Cc3ccccc3CN(C3CCNCC3)C2=O)cc1. The summed E-state index contributed by atoms with van der Waals surface area (Å²) in [6.45, 7) is 22.4. The highest BCUT2D eigenvalue weighted by atomic mass is 16.6. The number of carbonyl (C=O) groups excluding carboxylic acids is 3. The Morgan fingerprint density at radius 2 is 0.970 bits per heavy atom. The Bertz CT molecular complexity index is 2230. The molecule has 0 radical (unpaired) electrons. The fourth-order valence-corrected chi connectivity index (χ4v) is 9.12. The van der Waals surface area contributed by atoms with Crippen LogP contribution in [-0.2, 0) is 44.0 Å². The van der Waals surface area contributed by atoms with Crippen molar-refractivity contribution in [3.63, 3.8) is 0 Å². The van der Waals surface area contributed by atoms with Gasteiger partial charge in [-0.05, 0) is 129 Å². The molecule has 4 heterocycles. The zero-order valence-corrected chi connectivity index (χ0v) is 41.0. The Balaban J connectivity index is 0.000000203. The standard InChI is InChI=1S/C30H41N3O4.C25H33N3O2/c1-22(2)21-36-27-12-10-23(11-13-27)18-32-19-24-8-6-7-9-25(24)20-33(28(32)34)26-14-16-31(17-15-26)29(35)37-30(3,4)5;1-19(2)18-30-24-9-7-20(8-10-24)15-27-16-21-5-3-4-6-22(21)17-28(25(27)29)23-11-13-26-14-12-23/h6-13,22,26H,14-21H2,1-5H3;3-10,19,23,26H,11-18H2,1-2H3. The number of nitrogens with zero attached hydrogens (tertiary/aromatic N) is 5. The molecule has 8 rings (SSSR count). The molecule has 0 aliphatic carbocycles. The molecule has 4 aliphatic heterocycles. The summed E-state index contributed by atoms with van der Waals surface area (Å²) >= 11 is 0. The Kier molecular flexibility index (Phi) is 16.8. The van der Waals surface area contributed by atoms with E-state index >= 15 is 0 Å². The van der Waals surface area contributed by atoms with Crippen molar-refractivity contribution >= 4 is 18.2 Å². The van der Waals surface area contributed by atoms with Crippen LogP contribution in [0.15, 0.2) is 97.1 Å². The van der Waals surface area contributed by atoms with Crippen LogP contribution in [0.3, 0.4) is 0 Å². The van der Waals surface area contributed by atoms with Crippen LogP contribution < -0.4 is 14.8 Å². The number of fused-ring (bicyclic) bond motifs is 2. The molecule has 1 N–H and O–H groups in total. The number of likely N-dealkylation sites (tertiary alicyclic amines) is 1. The lowest BCUT2D eigenvalue weighted by Crippen LogP contribution is -2.51. The van der Waals surface area contributed by atoms with Crippen LogP contribution in [0.1, 0.15) is 108 Å². The lowest BCUT2D eigenvalue weighted by Gasteiger charge is -2.39. The highest BCUT2D eigenvalue weighted by Gasteiger charge is 2.36. The van der Waals surface area contributed by atoms with Crippen molar-refractivity contribution in [2.75, 3.05) is 39.4 Å². The van der Waals surface area contributed by atoms with Gasteiger partial charge in [-0.3, -0.25) is 0 Å². The molecular weight excluding hydrogens is 841 g/mol. The first-order chi connectivity index (χ1) is 32.2. The minimum atomic E-state index is -0.516. The number of piperidine rings is 2. The maximum absolute atomic E-state index is 13.9. The molecular formula is C55H74N6O6. The number of carbonyl (C=O) groups is 3. The van der Waals surface area contributed by atoms with Crippen molar-refractivity contribution in [1.82, 2.24) is 29.8 Å². The minimum Gasteiger partial charge on any atom is -0.493 e. The third kappa shape index (κ3) is 13.9. The largest absolute Gasteiger partial charge is 0.493 e. The molecule has 67 heavy (non-hydrogen) atoms. The predicted molar refractivity (Wildman–Crippen MR) is 264 cm³/mol. The van der Waals surface area contributed by atoms with E-state index in [1.807, 2.05) is 84.0 Å². The number of nitrogens with one attached hydrogen (secondary N) is 1. The first-order valence-electron chi connectivity index (χ1n) is 24.6. The van der Waals surface area contributed by atoms with Crippen molar-refractivity contribution in [2.45, 2.75) is 131 Å². The highest BCUT2D eigenvalue weighted by Crippen LogP contribution is 2.30. The van der Waals surface area contributed by atoms with Gasteiger partial charge in [0.1, 0.15) is 17.1 Å². The van der Waals surface area contributed by atoms with E-state index in [-0.39, 0.29) is 24.2 Å². The molecule has 0 aromatic heterocycles. The van der Waals surface area contributed by atoms with E-state index in [2.05, 4.69) is 86.4 Å². The smallest absolute Gasteiger partial charge is 0.410 e. The molecule has 0 atom stereocenters. The number of rotatable bonds is 12. The first-order valence-corrected chi connectivity index (χ1v) is 24.6. The van der Waals surface area contributed by atoms with E-state index in [1.54, 1.807) is 4.90 Å². The van der Waals surface area contributed by atoms with Crippen LogP contribution in [-0.4, -0.2) is 99.7 Å². The molecule has 0 spiro atoms. The van der Waals surface area contributed by atoms with Gasteiger partial charge in [-0.15, -0.1) is 0 Å². The van der Waals surface area contributed by atoms with Gasteiger partial charge in [-0.25, -0.2) is 14.4 Å². The summed E-state index contributed by atoms with van der Waals surface area (Å²) in [7, 11) is 0. The number of ether oxygens (including phenoxy) is 3. The van der Waals surface area contributed by atoms with E-state index in [0.29, 0.717) is 83.4 Å². The summed E-state index contributed by atoms with van der Waals surface area (Å²) in [5, 5.41) is 3.41. The first kappa shape index (κ1) is 49.2. The molecule has 0 unspecified atom stereocenters. The summed E-state index contributed by atoms with van der Waals surface area (Å²) in [5.74, 6) is 2.71. The fourth-order valence-electron chi connectivity index (χ4n) is 9.12. The average Bonchev–Trinajstić information content (AvgIpc) is 3.55. The normalized spacial score (nSPS) is 17.4. The van der Waals surface area contributed by atoms with Crippen molar-refractivity contribution in [3.8, 4) is 11.5 Å². The molecule has 2 fully saturated rings. The van der Waals surface area contributed by atoms with Crippen LogP contribution in [0, 0.1) is 11.8 Å². The van der Waals surface area contributed by atoms with Gasteiger partial charge in [0.25, 0.3) is 0 Å². The van der Waals surface area contributed by atoms with Crippen LogP contribution in [0.4, 0.5) is 14.4 Å². The second-order valence-corrected chi connectivity index (χ2v) is 20.4. The molecule has 2 saturated heterocycles. The molecule has 5 amide bonds. The zero-order valence-electron chi connectivity index (χ0n) is 41.0. The summed E-state index contributed by atoms with van der Waals surface area (Å²) in [6, 6.07) is 33.6. The van der Waals surface area contributed by atoms with Gasteiger partial charge >= 0.3 is 18.2 Å². The second-order valence-electron chi connectivity index (χ2n) is 20.4. The topological polar surface area (TPSA) is 107 Å². The molecule has 4 aromatic rings. The number of hydrogen-bond donors (Lipinski definition) is 1. The van der Waals surface area contributed by atoms with Crippen molar-refractivity contribution in [3.05, 3.63) is 130 Å². The maximum Gasteiger partial charge on any atom is 0.410 e. The van der Waals surface area contributed by atoms with Crippen LogP contribution in [0.2, 0.25) is 0 Å². The Morgan fingerprint density at radius 1 is 0.582 bits per heavy atom. The van der Waals surface area contributed by atoms with E-state index in [0.717, 1.165) is 61.4 Å². The predicted octanol–water partition coefficient (Wildman–Crippen LogP) is 10.5. The Morgan fingerprint density at radius 3 is 1.36 bits per heavy atom. The van der Waals surface area contributed by atoms with E-state index in [4.69, 9.17) is 14.2 Å². The number of urea groups is 2. The molecule has 12 heteroatoms. The lowest BCUT2D eigenvalue weighted by atomic mass is 10.0. The third-order valence-corrected chi connectivity index (χ3v) is 12.7. The van der Waals surface area contributed by atoms with Gasteiger partial charge in [0.15, 0.2) is 0 Å². The number of amides is 5. The molecule has 0 saturated carbocycles. The van der Waals surface area contributed by atoms with Crippen LogP contribution in [0.25, 0.3) is 0 Å². The van der Waals surface area contributed by atoms with E-state index in [1.165, 1.54) is 22.3 Å². The van der Waals surface area contributed by atoms with E-state index < -0.39 is 5.60 Å². The van der Waals surface area contributed by atoms with Gasteiger partial charge in [-0.2, -0.15) is 0 Å². The fraction of sp³-hybridized carbons (Fsp3) is 0.509. The van der Waals surface area contributed by atoms with Gasteiger partial charge in [0, 0.05) is 64.4 Å². The molecule has 4 aromatic carbocycles. The summed E-state index contributed by atoms with van der Waals surface area (Å²) in [5.41, 5.74) is 6.57. The maximum atomic E-state index is 13.9. The van der Waals surface area contributed by atoms with Crippen molar-refractivity contribution in [2.24, 2.45) is 11.8 Å². The molecule has 360 valence electrons. The van der Waals surface area contributed by atoms with Crippen LogP contribution >= 0.6 is 0 Å². The number of benzene rings is 4. The van der Waals surface area contributed by atoms with Crippen molar-refractivity contribution in [1.29, 1.82) is 0 Å². The molecule has 12 nitrogen and oxygen atoms in total. The minimum absolute atomic E-state index is 0.0482. The van der Waals surface area contributed by atoms with E-state index in [9.17, 15) is 14.4 Å². The van der Waals surface area contributed by atoms with Gasteiger partial charge in [-0.1, -0.05) is 100 Å². The highest BCUT2D eigenvalue weighted by molar-refractivity contribution is 5.76. The van der Waals surface area contributed by atoms with Gasteiger partial charge < -0.3 is 44.0 Å². The summed E-state index contributed by atoms with van der Waals surface area (Å²) in [6.07, 6.45) is 3.24. The Hall–Kier alpha value is -5.75. The summed E-state index contributed by atoms with van der Waals surface area (Å²) in [4.78, 5) is 49.8. The van der Waals surface area contributed by atoms with Crippen molar-refractivity contribution < 1.29 is 28.6 Å².